The van der Waals surface area contributed by atoms with E-state index in [1.54, 1.807) is 0 Å². The van der Waals surface area contributed by atoms with Crippen molar-refractivity contribution >= 4 is 22.6 Å². The number of hydrogen-bond acceptors (Lipinski definition) is 2. The SMILES string of the molecule is CCCCCCCCCCCCCCCC(=O)C(=O)Cl. The van der Waals surface area contributed by atoms with Gasteiger partial charge in [-0.3, -0.25) is 9.59 Å². The molecule has 0 spiro atoms. The highest BCUT2D eigenvalue weighted by Gasteiger charge is 2.08. The lowest BCUT2D eigenvalue weighted by molar-refractivity contribution is -0.132. The van der Waals surface area contributed by atoms with E-state index in [-0.39, 0.29) is 0 Å². The molecule has 0 unspecified atom stereocenters. The summed E-state index contributed by atoms with van der Waals surface area (Å²) in [5.74, 6) is -0.435. The van der Waals surface area contributed by atoms with Crippen LogP contribution in [0.2, 0.25) is 0 Å². The van der Waals surface area contributed by atoms with Crippen molar-refractivity contribution in [2.24, 2.45) is 0 Å². The maximum absolute atomic E-state index is 11.0. The van der Waals surface area contributed by atoms with Crippen molar-refractivity contribution in [1.29, 1.82) is 0 Å². The molecule has 2 nitrogen and oxygen atoms in total. The predicted molar refractivity (Wildman–Crippen MR) is 86.2 cm³/mol. The zero-order valence-electron chi connectivity index (χ0n) is 13.1. The summed E-state index contributed by atoms with van der Waals surface area (Å²) in [5.41, 5.74) is 0. The highest BCUT2D eigenvalue weighted by atomic mass is 35.5. The number of ketones is 1. The van der Waals surface area contributed by atoms with E-state index in [1.165, 1.54) is 70.6 Å². The van der Waals surface area contributed by atoms with Gasteiger partial charge >= 0.3 is 0 Å². The van der Waals surface area contributed by atoms with E-state index in [0.717, 1.165) is 12.8 Å². The molecular formula is C17H31ClO2. The van der Waals surface area contributed by atoms with Crippen LogP contribution in [0, 0.1) is 0 Å². The van der Waals surface area contributed by atoms with Gasteiger partial charge in [0.1, 0.15) is 0 Å². The number of carbonyl (C=O) groups is 2. The molecule has 0 radical (unpaired) electrons. The van der Waals surface area contributed by atoms with Gasteiger partial charge in [0.2, 0.25) is 5.78 Å². The molecule has 0 rings (SSSR count). The molecular weight excluding hydrogens is 272 g/mol. The largest absolute Gasteiger partial charge is 0.289 e. The predicted octanol–water partition coefficient (Wildman–Crippen LogP) is 5.80. The normalized spacial score (nSPS) is 10.7. The Bertz CT molecular complexity index is 251. The second-order valence-corrected chi connectivity index (χ2v) is 6.03. The first-order valence-electron chi connectivity index (χ1n) is 8.41. The zero-order chi connectivity index (χ0) is 15.1. The third-order valence-electron chi connectivity index (χ3n) is 3.73. The van der Waals surface area contributed by atoms with Gasteiger partial charge in [-0.15, -0.1) is 0 Å². The molecule has 0 aliphatic rings. The molecule has 0 aromatic rings. The van der Waals surface area contributed by atoms with Gasteiger partial charge in [0.05, 0.1) is 0 Å². The molecule has 0 amide bonds. The van der Waals surface area contributed by atoms with Crippen LogP contribution in [0.1, 0.15) is 96.8 Å². The van der Waals surface area contributed by atoms with Crippen molar-refractivity contribution in [2.75, 3.05) is 0 Å². The summed E-state index contributed by atoms with van der Waals surface area (Å²) in [7, 11) is 0. The van der Waals surface area contributed by atoms with Gasteiger partial charge in [0.15, 0.2) is 0 Å². The fourth-order valence-electron chi connectivity index (χ4n) is 2.40. The lowest BCUT2D eigenvalue weighted by atomic mass is 10.0. The summed E-state index contributed by atoms with van der Waals surface area (Å²) in [6, 6.07) is 0. The number of hydrogen-bond donors (Lipinski definition) is 0. The van der Waals surface area contributed by atoms with Gasteiger partial charge in [-0.1, -0.05) is 84.0 Å². The molecule has 0 aromatic heterocycles. The van der Waals surface area contributed by atoms with Crippen LogP contribution in [-0.2, 0) is 9.59 Å². The van der Waals surface area contributed by atoms with Crippen LogP contribution in [0.5, 0.6) is 0 Å². The number of carbonyl (C=O) groups excluding carboxylic acids is 2. The molecule has 20 heavy (non-hydrogen) atoms. The van der Waals surface area contributed by atoms with E-state index in [9.17, 15) is 9.59 Å². The van der Waals surface area contributed by atoms with Crippen molar-refractivity contribution in [2.45, 2.75) is 96.8 Å². The van der Waals surface area contributed by atoms with Crippen molar-refractivity contribution in [3.05, 3.63) is 0 Å². The quantitative estimate of drug-likeness (QED) is 0.217. The third-order valence-corrected chi connectivity index (χ3v) is 3.94. The maximum atomic E-state index is 11.0. The minimum Gasteiger partial charge on any atom is -0.289 e. The summed E-state index contributed by atoms with van der Waals surface area (Å²) >= 11 is 5.09. The van der Waals surface area contributed by atoms with Crippen molar-refractivity contribution in [3.8, 4) is 0 Å². The first kappa shape index (κ1) is 19.6. The molecule has 0 aromatic carbocycles. The monoisotopic (exact) mass is 302 g/mol. The lowest BCUT2D eigenvalue weighted by Gasteiger charge is -2.02. The minimum atomic E-state index is -0.816. The van der Waals surface area contributed by atoms with Crippen LogP contribution < -0.4 is 0 Å². The first-order valence-corrected chi connectivity index (χ1v) is 8.79. The van der Waals surface area contributed by atoms with Crippen molar-refractivity contribution < 1.29 is 9.59 Å². The second-order valence-electron chi connectivity index (χ2n) is 5.69. The molecule has 0 saturated heterocycles. The Balaban J connectivity index is 3.06. The number of rotatable bonds is 15. The van der Waals surface area contributed by atoms with E-state index >= 15 is 0 Å². The van der Waals surface area contributed by atoms with E-state index in [4.69, 9.17) is 11.6 Å². The minimum absolute atomic E-state index is 0.320. The Morgan fingerprint density at radius 1 is 0.650 bits per heavy atom. The third kappa shape index (κ3) is 14.0. The van der Waals surface area contributed by atoms with Gasteiger partial charge in [0, 0.05) is 6.42 Å². The van der Waals surface area contributed by atoms with Gasteiger partial charge < -0.3 is 0 Å². The smallest absolute Gasteiger partial charge is 0.288 e. The maximum Gasteiger partial charge on any atom is 0.288 e. The van der Waals surface area contributed by atoms with E-state index in [1.807, 2.05) is 0 Å². The average Bonchev–Trinajstić information content (AvgIpc) is 2.43. The summed E-state index contributed by atoms with van der Waals surface area (Å²) in [4.78, 5) is 21.5. The molecule has 0 heterocycles. The second kappa shape index (κ2) is 15.0. The molecule has 0 atom stereocenters. The summed E-state index contributed by atoms with van der Waals surface area (Å²) in [6.07, 6.45) is 16.9. The number of Topliss-reactive ketones (excluding diaryl/α,β-unsaturated/α-hetero) is 1. The van der Waals surface area contributed by atoms with E-state index < -0.39 is 11.0 Å². The Labute approximate surface area is 129 Å². The Morgan fingerprint density at radius 3 is 1.35 bits per heavy atom. The Morgan fingerprint density at radius 2 is 1.00 bits per heavy atom. The van der Waals surface area contributed by atoms with Crippen LogP contribution in [0.25, 0.3) is 0 Å². The number of unbranched alkanes of at least 4 members (excludes halogenated alkanes) is 12. The molecule has 0 aliphatic heterocycles. The van der Waals surface area contributed by atoms with E-state index in [2.05, 4.69) is 6.92 Å². The van der Waals surface area contributed by atoms with E-state index in [0.29, 0.717) is 6.42 Å². The fourth-order valence-corrected chi connectivity index (χ4v) is 2.50. The van der Waals surface area contributed by atoms with Crippen molar-refractivity contribution in [1.82, 2.24) is 0 Å². The lowest BCUT2D eigenvalue weighted by Crippen LogP contribution is -2.05. The van der Waals surface area contributed by atoms with Gasteiger partial charge in [0.25, 0.3) is 5.24 Å². The average molecular weight is 303 g/mol. The molecule has 0 fully saturated rings. The highest BCUT2D eigenvalue weighted by Crippen LogP contribution is 2.13. The highest BCUT2D eigenvalue weighted by molar-refractivity contribution is 6.81. The fraction of sp³-hybridized carbons (Fsp3) is 0.882. The zero-order valence-corrected chi connectivity index (χ0v) is 13.8. The van der Waals surface area contributed by atoms with Crippen LogP contribution in [-0.4, -0.2) is 11.0 Å². The molecule has 0 aliphatic carbocycles. The van der Waals surface area contributed by atoms with Crippen LogP contribution in [0.4, 0.5) is 0 Å². The molecule has 3 heteroatoms. The summed E-state index contributed by atoms with van der Waals surface area (Å²) in [6.45, 7) is 2.25. The molecule has 0 bridgehead atoms. The topological polar surface area (TPSA) is 34.1 Å². The van der Waals surface area contributed by atoms with Crippen LogP contribution in [0.15, 0.2) is 0 Å². The molecule has 118 valence electrons. The summed E-state index contributed by atoms with van der Waals surface area (Å²) < 4.78 is 0. The Kier molecular flexibility index (Phi) is 14.7. The standard InChI is InChI=1S/C17H31ClO2/c1-2-3-4-5-6-7-8-9-10-11-12-13-14-15-16(19)17(18)20/h2-15H2,1H3. The molecule has 0 N–H and O–H groups in total. The van der Waals surface area contributed by atoms with Gasteiger partial charge in [-0.25, -0.2) is 0 Å². The first-order chi connectivity index (χ1) is 9.68. The summed E-state index contributed by atoms with van der Waals surface area (Å²) in [5, 5.41) is -0.816. The number of halogens is 1. The Hall–Kier alpha value is -0.370. The van der Waals surface area contributed by atoms with Gasteiger partial charge in [-0.2, -0.15) is 0 Å². The molecule has 0 saturated carbocycles. The van der Waals surface area contributed by atoms with Crippen LogP contribution in [0.3, 0.4) is 0 Å². The van der Waals surface area contributed by atoms with Crippen molar-refractivity contribution in [3.63, 3.8) is 0 Å². The van der Waals surface area contributed by atoms with Gasteiger partial charge in [-0.05, 0) is 18.0 Å². The van der Waals surface area contributed by atoms with Crippen LogP contribution >= 0.6 is 11.6 Å².